The molecule has 0 saturated heterocycles. The summed E-state index contributed by atoms with van der Waals surface area (Å²) in [5.41, 5.74) is 1.79. The minimum atomic E-state index is -3.31. The van der Waals surface area contributed by atoms with Gasteiger partial charge in [-0.05, 0) is 42.5 Å². The molecule has 0 aliphatic rings. The molecular formula is C21H15BrN2O3S. The molecule has 0 aliphatic carbocycles. The molecule has 0 atom stereocenters. The second kappa shape index (κ2) is 7.00. The number of benzene rings is 3. The van der Waals surface area contributed by atoms with E-state index in [1.807, 2.05) is 42.5 Å². The normalized spacial score (nSPS) is 11.6. The first kappa shape index (κ1) is 18.6. The third kappa shape index (κ3) is 3.39. The van der Waals surface area contributed by atoms with Gasteiger partial charge in [-0.3, -0.25) is 4.79 Å². The summed E-state index contributed by atoms with van der Waals surface area (Å²) in [7, 11) is -3.31. The third-order valence-electron chi connectivity index (χ3n) is 4.43. The van der Waals surface area contributed by atoms with E-state index in [9.17, 15) is 13.2 Å². The van der Waals surface area contributed by atoms with E-state index in [1.54, 1.807) is 18.2 Å². The number of halogens is 1. The van der Waals surface area contributed by atoms with E-state index in [1.165, 1.54) is 16.8 Å². The van der Waals surface area contributed by atoms with Crippen LogP contribution < -0.4 is 5.56 Å². The molecule has 7 heteroatoms. The van der Waals surface area contributed by atoms with Gasteiger partial charge in [-0.15, -0.1) is 0 Å². The Hall–Kier alpha value is -2.77. The molecule has 1 aromatic heterocycles. The quantitative estimate of drug-likeness (QED) is 0.464. The Bertz CT molecular complexity index is 1340. The van der Waals surface area contributed by atoms with Crippen LogP contribution in [0.2, 0.25) is 0 Å². The summed E-state index contributed by atoms with van der Waals surface area (Å²) in [6.45, 7) is 0. The van der Waals surface area contributed by atoms with Gasteiger partial charge in [0.15, 0.2) is 9.84 Å². The Morgan fingerprint density at radius 2 is 1.46 bits per heavy atom. The fourth-order valence-electron chi connectivity index (χ4n) is 3.02. The van der Waals surface area contributed by atoms with E-state index < -0.39 is 9.84 Å². The minimum absolute atomic E-state index is 0.193. The van der Waals surface area contributed by atoms with Crippen LogP contribution in [0.4, 0.5) is 0 Å². The van der Waals surface area contributed by atoms with Gasteiger partial charge in [-0.1, -0.05) is 46.3 Å². The van der Waals surface area contributed by atoms with Crippen LogP contribution in [-0.2, 0) is 9.84 Å². The van der Waals surface area contributed by atoms with Crippen LogP contribution in [0.15, 0.2) is 87.0 Å². The maximum Gasteiger partial charge on any atom is 0.279 e. The van der Waals surface area contributed by atoms with Crippen molar-refractivity contribution < 1.29 is 8.42 Å². The van der Waals surface area contributed by atoms with Crippen LogP contribution in [0.5, 0.6) is 0 Å². The van der Waals surface area contributed by atoms with E-state index in [0.29, 0.717) is 16.8 Å². The van der Waals surface area contributed by atoms with Crippen LogP contribution in [0.25, 0.3) is 27.7 Å². The van der Waals surface area contributed by atoms with Crippen molar-refractivity contribution in [1.82, 2.24) is 9.78 Å². The number of rotatable bonds is 3. The molecule has 0 unspecified atom stereocenters. The molecule has 1 heterocycles. The lowest BCUT2D eigenvalue weighted by atomic mass is 10.1. The summed E-state index contributed by atoms with van der Waals surface area (Å²) in [6.07, 6.45) is 1.15. The summed E-state index contributed by atoms with van der Waals surface area (Å²) in [4.78, 5) is 13.2. The van der Waals surface area contributed by atoms with E-state index in [4.69, 9.17) is 0 Å². The maximum absolute atomic E-state index is 13.0. The Kier molecular flexibility index (Phi) is 4.64. The molecule has 0 bridgehead atoms. The van der Waals surface area contributed by atoms with Crippen LogP contribution in [0.1, 0.15) is 0 Å². The fraction of sp³-hybridized carbons (Fsp3) is 0.0476. The van der Waals surface area contributed by atoms with Gasteiger partial charge >= 0.3 is 0 Å². The Balaban J connectivity index is 1.98. The molecule has 3 aromatic carbocycles. The van der Waals surface area contributed by atoms with Gasteiger partial charge in [0.25, 0.3) is 5.56 Å². The molecule has 4 rings (SSSR count). The van der Waals surface area contributed by atoms with Crippen molar-refractivity contribution in [1.29, 1.82) is 0 Å². The highest BCUT2D eigenvalue weighted by atomic mass is 79.9. The number of hydrogen-bond acceptors (Lipinski definition) is 4. The van der Waals surface area contributed by atoms with Crippen LogP contribution in [-0.4, -0.2) is 24.5 Å². The Morgan fingerprint density at radius 1 is 0.857 bits per heavy atom. The molecular weight excluding hydrogens is 440 g/mol. The van der Waals surface area contributed by atoms with Crippen molar-refractivity contribution in [2.24, 2.45) is 0 Å². The highest BCUT2D eigenvalue weighted by Gasteiger charge is 2.14. The van der Waals surface area contributed by atoms with E-state index in [0.717, 1.165) is 21.7 Å². The van der Waals surface area contributed by atoms with Crippen LogP contribution >= 0.6 is 15.9 Å². The Labute approximate surface area is 170 Å². The van der Waals surface area contributed by atoms with Crippen molar-refractivity contribution in [3.05, 3.63) is 87.6 Å². The van der Waals surface area contributed by atoms with Crippen molar-refractivity contribution in [2.45, 2.75) is 4.90 Å². The Morgan fingerprint density at radius 3 is 2.07 bits per heavy atom. The lowest BCUT2D eigenvalue weighted by molar-refractivity contribution is 0.602. The lowest BCUT2D eigenvalue weighted by Crippen LogP contribution is -2.22. The highest BCUT2D eigenvalue weighted by molar-refractivity contribution is 9.10. The molecule has 0 radical (unpaired) electrons. The first-order chi connectivity index (χ1) is 13.3. The van der Waals surface area contributed by atoms with Crippen molar-refractivity contribution in [3.8, 4) is 16.9 Å². The average molecular weight is 455 g/mol. The third-order valence-corrected chi connectivity index (χ3v) is 6.09. The smallest absolute Gasteiger partial charge is 0.267 e. The molecule has 140 valence electrons. The molecule has 4 aromatic rings. The molecule has 0 spiro atoms. The summed E-state index contributed by atoms with van der Waals surface area (Å²) < 4.78 is 25.7. The predicted molar refractivity (Wildman–Crippen MR) is 114 cm³/mol. The van der Waals surface area contributed by atoms with E-state index in [2.05, 4.69) is 21.0 Å². The van der Waals surface area contributed by atoms with Gasteiger partial charge in [0.1, 0.15) is 0 Å². The number of hydrogen-bond donors (Lipinski definition) is 0. The van der Waals surface area contributed by atoms with Crippen molar-refractivity contribution in [3.63, 3.8) is 0 Å². The average Bonchev–Trinajstić information content (AvgIpc) is 2.69. The highest BCUT2D eigenvalue weighted by Crippen LogP contribution is 2.26. The molecule has 0 amide bonds. The molecule has 0 fully saturated rings. The molecule has 0 aliphatic heterocycles. The molecule has 0 N–H and O–H groups in total. The number of aromatic nitrogens is 2. The first-order valence-electron chi connectivity index (χ1n) is 8.43. The summed E-state index contributed by atoms with van der Waals surface area (Å²) in [6, 6.07) is 21.2. The van der Waals surface area contributed by atoms with Crippen LogP contribution in [0, 0.1) is 0 Å². The number of sulfone groups is 1. The molecule has 28 heavy (non-hydrogen) atoms. The SMILES string of the molecule is CS(=O)(=O)c1ccc(-n2nc(-c3ccc(Br)cc3)c3ccccc3c2=O)cc1. The van der Waals surface area contributed by atoms with Gasteiger partial charge in [-0.2, -0.15) is 9.78 Å². The predicted octanol–water partition coefficient (Wildman–Crippen LogP) is 4.22. The van der Waals surface area contributed by atoms with Crippen molar-refractivity contribution >= 4 is 36.5 Å². The number of fused-ring (bicyclic) bond motifs is 1. The zero-order valence-corrected chi connectivity index (χ0v) is 17.2. The van der Waals surface area contributed by atoms with Gasteiger partial charge in [0.05, 0.1) is 21.7 Å². The maximum atomic E-state index is 13.0. The summed E-state index contributed by atoms with van der Waals surface area (Å²) in [5, 5.41) is 5.91. The summed E-state index contributed by atoms with van der Waals surface area (Å²) >= 11 is 3.43. The zero-order valence-electron chi connectivity index (χ0n) is 14.8. The van der Waals surface area contributed by atoms with Gasteiger partial charge < -0.3 is 0 Å². The van der Waals surface area contributed by atoms with Crippen molar-refractivity contribution in [2.75, 3.05) is 6.26 Å². The van der Waals surface area contributed by atoms with E-state index >= 15 is 0 Å². The molecule has 0 saturated carbocycles. The standard InChI is InChI=1S/C21H15BrN2O3S/c1-28(26,27)17-12-10-16(11-13-17)24-21(25)19-5-3-2-4-18(19)20(23-24)14-6-8-15(22)9-7-14/h2-13H,1H3. The second-order valence-corrected chi connectivity index (χ2v) is 9.32. The minimum Gasteiger partial charge on any atom is -0.267 e. The van der Waals surface area contributed by atoms with Gasteiger partial charge in [0, 0.05) is 21.7 Å². The monoisotopic (exact) mass is 454 g/mol. The summed E-state index contributed by atoms with van der Waals surface area (Å²) in [5.74, 6) is 0. The van der Waals surface area contributed by atoms with Gasteiger partial charge in [0.2, 0.25) is 0 Å². The lowest BCUT2D eigenvalue weighted by Gasteiger charge is -2.12. The zero-order chi connectivity index (χ0) is 19.9. The first-order valence-corrected chi connectivity index (χ1v) is 11.1. The number of nitrogens with zero attached hydrogens (tertiary/aromatic N) is 2. The molecule has 5 nitrogen and oxygen atoms in total. The second-order valence-electron chi connectivity index (χ2n) is 6.38. The van der Waals surface area contributed by atoms with Crippen LogP contribution in [0.3, 0.4) is 0 Å². The van der Waals surface area contributed by atoms with Gasteiger partial charge in [-0.25, -0.2) is 8.42 Å². The fourth-order valence-corrected chi connectivity index (χ4v) is 3.91. The largest absolute Gasteiger partial charge is 0.279 e. The topological polar surface area (TPSA) is 69.0 Å². The van der Waals surface area contributed by atoms with E-state index in [-0.39, 0.29) is 10.5 Å².